The number of benzene rings is 1. The minimum atomic E-state index is -0.373. The maximum absolute atomic E-state index is 12.1. The lowest BCUT2D eigenvalue weighted by Crippen LogP contribution is -2.29. The van der Waals surface area contributed by atoms with Crippen LogP contribution in [0.1, 0.15) is 30.5 Å². The maximum Gasteiger partial charge on any atom is 0.273 e. The fourth-order valence-corrected chi connectivity index (χ4v) is 1.97. The largest absolute Gasteiger partial charge is 0.398 e. The number of aliphatic imine (C=N–C) groups is 1. The Kier molecular flexibility index (Phi) is 7.98. The van der Waals surface area contributed by atoms with Gasteiger partial charge in [0.05, 0.1) is 11.4 Å². The lowest BCUT2D eigenvalue weighted by molar-refractivity contribution is -0.114. The van der Waals surface area contributed by atoms with Crippen LogP contribution in [-0.2, 0) is 25.9 Å². The van der Waals surface area contributed by atoms with Gasteiger partial charge in [-0.3, -0.25) is 9.59 Å². The topological polar surface area (TPSA) is 102 Å². The van der Waals surface area contributed by atoms with Crippen molar-refractivity contribution in [2.45, 2.75) is 27.4 Å². The number of hydrogen-bond donors (Lipinski definition) is 1. The Balaban J connectivity index is 3.14. The molecule has 1 N–H and O–H groups in total. The van der Waals surface area contributed by atoms with Crippen molar-refractivity contribution in [1.82, 2.24) is 5.32 Å². The van der Waals surface area contributed by atoms with Crippen LogP contribution in [0.25, 0.3) is 0 Å². The molecule has 0 unspecified atom stereocenters. The molecule has 8 heteroatoms. The fourth-order valence-electron chi connectivity index (χ4n) is 1.97. The zero-order valence-electron chi connectivity index (χ0n) is 15.0. The molecule has 0 aromatic heterocycles. The van der Waals surface area contributed by atoms with Crippen LogP contribution in [0.15, 0.2) is 33.5 Å². The summed E-state index contributed by atoms with van der Waals surface area (Å²) in [6.07, 6.45) is 0.449. The van der Waals surface area contributed by atoms with E-state index in [-0.39, 0.29) is 18.2 Å². The summed E-state index contributed by atoms with van der Waals surface area (Å²) < 4.78 is 0. The quantitative estimate of drug-likeness (QED) is 0.439. The first-order valence-corrected chi connectivity index (χ1v) is 7.53. The van der Waals surface area contributed by atoms with Gasteiger partial charge < -0.3 is 15.0 Å². The SMILES string of the molecule is CNC(=O)/C(=N\OC)c1cccc(C)c1CO/N=C(/C)C(C)=NC=O. The molecule has 8 nitrogen and oxygen atoms in total. The Morgan fingerprint density at radius 1 is 1.24 bits per heavy atom. The summed E-state index contributed by atoms with van der Waals surface area (Å²) in [6, 6.07) is 5.47. The van der Waals surface area contributed by atoms with E-state index in [4.69, 9.17) is 9.68 Å². The molecule has 25 heavy (non-hydrogen) atoms. The molecule has 0 fully saturated rings. The molecular formula is C17H22N4O4. The summed E-state index contributed by atoms with van der Waals surface area (Å²) in [6.45, 7) is 5.35. The zero-order valence-corrected chi connectivity index (χ0v) is 15.0. The van der Waals surface area contributed by atoms with Gasteiger partial charge in [-0.15, -0.1) is 0 Å². The molecule has 0 saturated heterocycles. The van der Waals surface area contributed by atoms with Gasteiger partial charge in [-0.25, -0.2) is 4.99 Å². The number of carbonyl (C=O) groups is 2. The zero-order chi connectivity index (χ0) is 18.8. The molecule has 0 saturated carbocycles. The average Bonchev–Trinajstić information content (AvgIpc) is 2.60. The van der Waals surface area contributed by atoms with Crippen LogP contribution >= 0.6 is 0 Å². The second-order valence-electron chi connectivity index (χ2n) is 5.07. The van der Waals surface area contributed by atoms with Gasteiger partial charge in [-0.1, -0.05) is 28.5 Å². The van der Waals surface area contributed by atoms with Crippen LogP contribution in [0, 0.1) is 6.92 Å². The van der Waals surface area contributed by atoms with Crippen molar-refractivity contribution in [1.29, 1.82) is 0 Å². The van der Waals surface area contributed by atoms with Gasteiger partial charge in [0, 0.05) is 18.2 Å². The highest BCUT2D eigenvalue weighted by molar-refractivity contribution is 6.45. The molecule has 1 rings (SSSR count). The number of carbonyl (C=O) groups excluding carboxylic acids is 2. The Labute approximate surface area is 146 Å². The predicted octanol–water partition coefficient (Wildman–Crippen LogP) is 1.60. The highest BCUT2D eigenvalue weighted by Crippen LogP contribution is 2.17. The van der Waals surface area contributed by atoms with E-state index in [0.29, 0.717) is 23.4 Å². The van der Waals surface area contributed by atoms with E-state index >= 15 is 0 Å². The number of nitrogens with one attached hydrogen (secondary N) is 1. The summed E-state index contributed by atoms with van der Waals surface area (Å²) >= 11 is 0. The minimum absolute atomic E-state index is 0.118. The first kappa shape index (κ1) is 20.0. The van der Waals surface area contributed by atoms with Crippen LogP contribution in [0.4, 0.5) is 0 Å². The van der Waals surface area contributed by atoms with Gasteiger partial charge in [-0.2, -0.15) is 0 Å². The molecule has 0 bridgehead atoms. The number of aryl methyl sites for hydroxylation is 1. The van der Waals surface area contributed by atoms with Crippen molar-refractivity contribution in [3.8, 4) is 0 Å². The Morgan fingerprint density at radius 3 is 2.56 bits per heavy atom. The lowest BCUT2D eigenvalue weighted by atomic mass is 9.98. The molecule has 1 aromatic rings. The second kappa shape index (κ2) is 9.96. The highest BCUT2D eigenvalue weighted by atomic mass is 16.6. The molecular weight excluding hydrogens is 324 g/mol. The third-order valence-corrected chi connectivity index (χ3v) is 3.47. The molecule has 2 amide bonds. The van der Waals surface area contributed by atoms with Crippen molar-refractivity contribution >= 4 is 29.5 Å². The molecule has 0 spiro atoms. The van der Waals surface area contributed by atoms with Crippen molar-refractivity contribution in [3.63, 3.8) is 0 Å². The van der Waals surface area contributed by atoms with Gasteiger partial charge >= 0.3 is 0 Å². The van der Waals surface area contributed by atoms with Crippen molar-refractivity contribution in [3.05, 3.63) is 34.9 Å². The number of hydrogen-bond acceptors (Lipinski definition) is 6. The van der Waals surface area contributed by atoms with E-state index < -0.39 is 0 Å². The Hall–Kier alpha value is -3.03. The van der Waals surface area contributed by atoms with E-state index in [9.17, 15) is 9.59 Å². The highest BCUT2D eigenvalue weighted by Gasteiger charge is 2.19. The van der Waals surface area contributed by atoms with Crippen molar-refractivity contribution in [2.75, 3.05) is 14.2 Å². The third kappa shape index (κ3) is 5.52. The van der Waals surface area contributed by atoms with Gasteiger partial charge in [0.2, 0.25) is 6.41 Å². The smallest absolute Gasteiger partial charge is 0.273 e. The molecule has 0 aliphatic heterocycles. The molecule has 0 radical (unpaired) electrons. The van der Waals surface area contributed by atoms with Gasteiger partial charge in [0.25, 0.3) is 5.91 Å². The second-order valence-corrected chi connectivity index (χ2v) is 5.07. The first-order valence-electron chi connectivity index (χ1n) is 7.53. The number of oxime groups is 2. The monoisotopic (exact) mass is 346 g/mol. The van der Waals surface area contributed by atoms with E-state index in [1.54, 1.807) is 19.9 Å². The van der Waals surface area contributed by atoms with Crippen LogP contribution in [0.5, 0.6) is 0 Å². The van der Waals surface area contributed by atoms with Crippen LogP contribution in [-0.4, -0.2) is 43.6 Å². The number of nitrogens with zero attached hydrogens (tertiary/aromatic N) is 3. The summed E-state index contributed by atoms with van der Waals surface area (Å²) in [4.78, 5) is 36.2. The molecule has 0 atom stereocenters. The Morgan fingerprint density at radius 2 is 1.96 bits per heavy atom. The molecule has 134 valence electrons. The van der Waals surface area contributed by atoms with Gasteiger partial charge in [0.1, 0.15) is 13.7 Å². The van der Waals surface area contributed by atoms with Gasteiger partial charge in [0.15, 0.2) is 5.71 Å². The summed E-state index contributed by atoms with van der Waals surface area (Å²) in [5, 5.41) is 10.3. The lowest BCUT2D eigenvalue weighted by Gasteiger charge is -2.13. The fraction of sp³-hybridized carbons (Fsp3) is 0.353. The van der Waals surface area contributed by atoms with E-state index in [1.807, 2.05) is 19.1 Å². The van der Waals surface area contributed by atoms with Crippen molar-refractivity contribution in [2.24, 2.45) is 15.3 Å². The minimum Gasteiger partial charge on any atom is -0.398 e. The van der Waals surface area contributed by atoms with Gasteiger partial charge in [-0.05, 0) is 26.3 Å². The number of rotatable bonds is 8. The number of likely N-dealkylation sites (N-methyl/N-ethyl adjacent to an activating group) is 1. The molecule has 0 aliphatic rings. The first-order chi connectivity index (χ1) is 12.0. The van der Waals surface area contributed by atoms with E-state index in [1.165, 1.54) is 14.2 Å². The molecule has 1 aromatic carbocycles. The van der Waals surface area contributed by atoms with Crippen molar-refractivity contribution < 1.29 is 19.3 Å². The average molecular weight is 346 g/mol. The van der Waals surface area contributed by atoms with Crippen LogP contribution in [0.3, 0.4) is 0 Å². The van der Waals surface area contributed by atoms with Crippen LogP contribution < -0.4 is 5.32 Å². The summed E-state index contributed by atoms with van der Waals surface area (Å²) in [5.41, 5.74) is 3.35. The molecule has 0 heterocycles. The van der Waals surface area contributed by atoms with Crippen LogP contribution in [0.2, 0.25) is 0 Å². The maximum atomic E-state index is 12.1. The number of amides is 2. The molecule has 0 aliphatic carbocycles. The summed E-state index contributed by atoms with van der Waals surface area (Å²) in [5.74, 6) is -0.373. The standard InChI is InChI=1S/C17H22N4O4/c1-11-7-6-8-14(16(21-24-5)17(23)18-4)15(11)9-25-20-13(3)12(2)19-10-22/h6-8,10H,9H2,1-5H3,(H,18,23)/b19-12?,20-13-,21-16-. The normalized spacial score (nSPS) is 12.6. The summed E-state index contributed by atoms with van der Waals surface area (Å²) in [7, 11) is 2.89. The van der Waals surface area contributed by atoms with E-state index in [0.717, 1.165) is 11.1 Å². The van der Waals surface area contributed by atoms with E-state index in [2.05, 4.69) is 20.6 Å². The third-order valence-electron chi connectivity index (χ3n) is 3.47. The Bertz CT molecular complexity index is 723. The predicted molar refractivity (Wildman–Crippen MR) is 95.9 cm³/mol.